The van der Waals surface area contributed by atoms with Crippen LogP contribution in [0, 0.1) is 0 Å². The monoisotopic (exact) mass is 215 g/mol. The maximum Gasteiger partial charge on any atom is 0.225 e. The van der Waals surface area contributed by atoms with Gasteiger partial charge in [-0.15, -0.1) is 0 Å². The van der Waals surface area contributed by atoms with Gasteiger partial charge in [-0.05, 0) is 6.42 Å². The van der Waals surface area contributed by atoms with Crippen LogP contribution in [0.4, 0.5) is 0 Å². The quantitative estimate of drug-likeness (QED) is 0.737. The lowest BCUT2D eigenvalue weighted by molar-refractivity contribution is -0.137. The average molecular weight is 215 g/mol. The Labute approximate surface area is 91.2 Å². The Balaban J connectivity index is 2.21. The molecule has 1 amide bonds. The Hall–Kier alpha value is -0.610. The normalized spacial score (nSPS) is 18.9. The summed E-state index contributed by atoms with van der Waals surface area (Å²) < 4.78 is 5.16. The molecule has 88 valence electrons. The SMILES string of the molecule is CCCCC(O)CC(=O)N1CCOCC1. The van der Waals surface area contributed by atoms with Gasteiger partial charge in [0.1, 0.15) is 0 Å². The molecule has 1 fully saturated rings. The van der Waals surface area contributed by atoms with Crippen molar-refractivity contribution in [2.75, 3.05) is 26.3 Å². The lowest BCUT2D eigenvalue weighted by Gasteiger charge is -2.27. The molecule has 0 radical (unpaired) electrons. The summed E-state index contributed by atoms with van der Waals surface area (Å²) in [6.07, 6.45) is 2.56. The molecule has 1 atom stereocenters. The van der Waals surface area contributed by atoms with Crippen LogP contribution >= 0.6 is 0 Å². The fraction of sp³-hybridized carbons (Fsp3) is 0.909. The van der Waals surface area contributed by atoms with E-state index in [4.69, 9.17) is 4.74 Å². The van der Waals surface area contributed by atoms with Crippen molar-refractivity contribution in [2.45, 2.75) is 38.7 Å². The number of hydrogen-bond donors (Lipinski definition) is 1. The second kappa shape index (κ2) is 6.80. The van der Waals surface area contributed by atoms with Crippen molar-refractivity contribution < 1.29 is 14.6 Å². The first-order chi connectivity index (χ1) is 7.24. The van der Waals surface area contributed by atoms with Gasteiger partial charge in [0.15, 0.2) is 0 Å². The fourth-order valence-electron chi connectivity index (χ4n) is 1.69. The van der Waals surface area contributed by atoms with Crippen molar-refractivity contribution in [1.29, 1.82) is 0 Å². The van der Waals surface area contributed by atoms with Crippen molar-refractivity contribution >= 4 is 5.91 Å². The number of carbonyl (C=O) groups is 1. The predicted octanol–water partition coefficient (Wildman–Crippen LogP) is 0.786. The first-order valence-corrected chi connectivity index (χ1v) is 5.77. The summed E-state index contributed by atoms with van der Waals surface area (Å²) in [5.74, 6) is 0.0573. The average Bonchev–Trinajstić information content (AvgIpc) is 2.27. The number of aliphatic hydroxyl groups excluding tert-OH is 1. The standard InChI is InChI=1S/C11H21NO3/c1-2-3-4-10(13)9-11(14)12-5-7-15-8-6-12/h10,13H,2-9H2,1H3. The van der Waals surface area contributed by atoms with Gasteiger partial charge in [-0.25, -0.2) is 0 Å². The van der Waals surface area contributed by atoms with E-state index in [1.165, 1.54) is 0 Å². The Bertz CT molecular complexity index is 190. The topological polar surface area (TPSA) is 49.8 Å². The van der Waals surface area contributed by atoms with Gasteiger partial charge >= 0.3 is 0 Å². The number of carbonyl (C=O) groups excluding carboxylic acids is 1. The van der Waals surface area contributed by atoms with E-state index in [0.717, 1.165) is 19.3 Å². The third-order valence-corrected chi connectivity index (χ3v) is 2.66. The largest absolute Gasteiger partial charge is 0.393 e. The second-order valence-corrected chi connectivity index (χ2v) is 3.99. The van der Waals surface area contributed by atoms with Crippen LogP contribution < -0.4 is 0 Å². The maximum atomic E-state index is 11.7. The molecule has 0 bridgehead atoms. The number of nitrogens with zero attached hydrogens (tertiary/aromatic N) is 1. The first kappa shape index (κ1) is 12.5. The molecule has 0 spiro atoms. The number of hydrogen-bond acceptors (Lipinski definition) is 3. The third kappa shape index (κ3) is 4.62. The molecule has 0 aromatic rings. The second-order valence-electron chi connectivity index (χ2n) is 3.99. The smallest absolute Gasteiger partial charge is 0.225 e. The van der Waals surface area contributed by atoms with Gasteiger partial charge in [0.2, 0.25) is 5.91 Å². The highest BCUT2D eigenvalue weighted by Crippen LogP contribution is 2.07. The van der Waals surface area contributed by atoms with E-state index >= 15 is 0 Å². The van der Waals surface area contributed by atoms with Crippen molar-refractivity contribution in [3.63, 3.8) is 0 Å². The minimum Gasteiger partial charge on any atom is -0.393 e. The zero-order chi connectivity index (χ0) is 11.1. The highest BCUT2D eigenvalue weighted by Gasteiger charge is 2.19. The van der Waals surface area contributed by atoms with Crippen molar-refractivity contribution in [2.24, 2.45) is 0 Å². The Morgan fingerprint density at radius 3 is 2.73 bits per heavy atom. The highest BCUT2D eigenvalue weighted by atomic mass is 16.5. The van der Waals surface area contributed by atoms with Gasteiger partial charge in [0, 0.05) is 13.1 Å². The van der Waals surface area contributed by atoms with Crippen molar-refractivity contribution in [3.8, 4) is 0 Å². The molecule has 1 aliphatic heterocycles. The van der Waals surface area contributed by atoms with E-state index in [1.54, 1.807) is 4.90 Å². The molecule has 0 aliphatic carbocycles. The number of unbranched alkanes of at least 4 members (excludes halogenated alkanes) is 1. The maximum absolute atomic E-state index is 11.7. The van der Waals surface area contributed by atoms with Crippen LogP contribution in [-0.2, 0) is 9.53 Å². The first-order valence-electron chi connectivity index (χ1n) is 5.77. The van der Waals surface area contributed by atoms with Gasteiger partial charge in [0.05, 0.1) is 25.7 Å². The van der Waals surface area contributed by atoms with Gasteiger partial charge in [-0.3, -0.25) is 4.79 Å². The molecule has 1 aliphatic rings. The van der Waals surface area contributed by atoms with Gasteiger partial charge in [0.25, 0.3) is 0 Å². The van der Waals surface area contributed by atoms with E-state index in [1.807, 2.05) is 0 Å². The number of amides is 1. The lowest BCUT2D eigenvalue weighted by atomic mass is 10.1. The molecular weight excluding hydrogens is 194 g/mol. The molecule has 15 heavy (non-hydrogen) atoms. The molecule has 1 unspecified atom stereocenters. The summed E-state index contributed by atoms with van der Waals surface area (Å²) in [6.45, 7) is 4.66. The van der Waals surface area contributed by atoms with Crippen LogP contribution in [0.15, 0.2) is 0 Å². The Morgan fingerprint density at radius 1 is 1.47 bits per heavy atom. The van der Waals surface area contributed by atoms with Crippen LogP contribution in [0.2, 0.25) is 0 Å². The van der Waals surface area contributed by atoms with Crippen LogP contribution in [0.5, 0.6) is 0 Å². The van der Waals surface area contributed by atoms with Gasteiger partial charge in [-0.1, -0.05) is 19.8 Å². The molecule has 0 aromatic heterocycles. The highest BCUT2D eigenvalue weighted by molar-refractivity contribution is 5.76. The lowest BCUT2D eigenvalue weighted by Crippen LogP contribution is -2.41. The van der Waals surface area contributed by atoms with Crippen LogP contribution in [-0.4, -0.2) is 48.3 Å². The van der Waals surface area contributed by atoms with Crippen LogP contribution in [0.25, 0.3) is 0 Å². The zero-order valence-corrected chi connectivity index (χ0v) is 9.45. The molecule has 1 heterocycles. The van der Waals surface area contributed by atoms with Crippen LogP contribution in [0.1, 0.15) is 32.6 Å². The van der Waals surface area contributed by atoms with E-state index in [9.17, 15) is 9.90 Å². The minimum absolute atomic E-state index is 0.0573. The van der Waals surface area contributed by atoms with E-state index in [-0.39, 0.29) is 12.3 Å². The van der Waals surface area contributed by atoms with E-state index < -0.39 is 6.10 Å². The molecule has 1 rings (SSSR count). The summed E-state index contributed by atoms with van der Waals surface area (Å²) in [5, 5.41) is 9.60. The van der Waals surface area contributed by atoms with Crippen molar-refractivity contribution in [3.05, 3.63) is 0 Å². The molecule has 1 N–H and O–H groups in total. The summed E-state index contributed by atoms with van der Waals surface area (Å²) in [4.78, 5) is 13.5. The van der Waals surface area contributed by atoms with Gasteiger partial charge in [-0.2, -0.15) is 0 Å². The van der Waals surface area contributed by atoms with Gasteiger partial charge < -0.3 is 14.7 Å². The summed E-state index contributed by atoms with van der Waals surface area (Å²) in [7, 11) is 0. The van der Waals surface area contributed by atoms with Crippen LogP contribution in [0.3, 0.4) is 0 Å². The van der Waals surface area contributed by atoms with E-state index in [2.05, 4.69) is 6.92 Å². The minimum atomic E-state index is -0.472. The van der Waals surface area contributed by atoms with E-state index in [0.29, 0.717) is 26.3 Å². The third-order valence-electron chi connectivity index (χ3n) is 2.66. The predicted molar refractivity (Wildman–Crippen MR) is 57.5 cm³/mol. The number of rotatable bonds is 5. The number of ether oxygens (including phenoxy) is 1. The molecular formula is C11H21NO3. The molecule has 0 aromatic carbocycles. The summed E-state index contributed by atoms with van der Waals surface area (Å²) in [6, 6.07) is 0. The molecule has 0 saturated carbocycles. The zero-order valence-electron chi connectivity index (χ0n) is 9.45. The molecule has 4 heteroatoms. The number of aliphatic hydroxyl groups is 1. The summed E-state index contributed by atoms with van der Waals surface area (Å²) >= 11 is 0. The summed E-state index contributed by atoms with van der Waals surface area (Å²) in [5.41, 5.74) is 0. The number of morpholine rings is 1. The Kier molecular flexibility index (Phi) is 5.65. The van der Waals surface area contributed by atoms with Crippen molar-refractivity contribution in [1.82, 2.24) is 4.90 Å². The molecule has 1 saturated heterocycles. The Morgan fingerprint density at radius 2 is 2.13 bits per heavy atom. The molecule has 4 nitrogen and oxygen atoms in total. The fourth-order valence-corrected chi connectivity index (χ4v) is 1.69.